The number of fused-ring (bicyclic) bond motifs is 2. The van der Waals surface area contributed by atoms with E-state index in [-0.39, 0.29) is 24.0 Å². The summed E-state index contributed by atoms with van der Waals surface area (Å²) in [6, 6.07) is 18.5. The molecule has 1 aromatic heterocycles. The Morgan fingerprint density at radius 3 is 2.83 bits per heavy atom. The van der Waals surface area contributed by atoms with Crippen LogP contribution in [0.25, 0.3) is 10.9 Å². The molecule has 5 atom stereocenters. The Labute approximate surface area is 205 Å². The zero-order chi connectivity index (χ0) is 24.0. The van der Waals surface area contributed by atoms with E-state index in [1.165, 1.54) is 16.5 Å². The first-order valence-electron chi connectivity index (χ1n) is 12.6. The Hall–Kier alpha value is -3.38. The number of aromatic nitrogens is 1. The summed E-state index contributed by atoms with van der Waals surface area (Å²) in [5, 5.41) is 4.36. The largest absolute Gasteiger partial charge is 0.361 e. The van der Waals surface area contributed by atoms with Crippen LogP contribution < -0.4 is 5.32 Å². The molecule has 6 heteroatoms. The van der Waals surface area contributed by atoms with Crippen molar-refractivity contribution in [1.82, 2.24) is 15.2 Å². The predicted octanol–water partition coefficient (Wildman–Crippen LogP) is 3.63. The zero-order valence-electron chi connectivity index (χ0n) is 19.9. The molecule has 2 fully saturated rings. The molecule has 6 rings (SSSR count). The van der Waals surface area contributed by atoms with E-state index in [2.05, 4.69) is 34.6 Å². The first-order valence-corrected chi connectivity index (χ1v) is 12.6. The van der Waals surface area contributed by atoms with E-state index in [0.29, 0.717) is 13.1 Å². The Morgan fingerprint density at radius 2 is 1.97 bits per heavy atom. The topological polar surface area (TPSA) is 74.4 Å². The van der Waals surface area contributed by atoms with Gasteiger partial charge in [-0.3, -0.25) is 9.59 Å². The average molecular weight is 470 g/mol. The Morgan fingerprint density at radius 1 is 1.17 bits per heavy atom. The summed E-state index contributed by atoms with van der Waals surface area (Å²) < 4.78 is 6.30. The maximum absolute atomic E-state index is 13.5. The highest BCUT2D eigenvalue weighted by molar-refractivity contribution is 5.93. The van der Waals surface area contributed by atoms with Gasteiger partial charge in [0.15, 0.2) is 0 Å². The minimum atomic E-state index is -0.669. The number of amides is 2. The number of ether oxygens (including phenoxy) is 1. The fourth-order valence-electron chi connectivity index (χ4n) is 6.10. The number of benzene rings is 2. The van der Waals surface area contributed by atoms with Crippen LogP contribution in [0.5, 0.6) is 0 Å². The Bertz CT molecular complexity index is 1280. The third-order valence-corrected chi connectivity index (χ3v) is 7.90. The molecular formula is C29H31N3O3. The number of nitrogens with zero attached hydrogens (tertiary/aromatic N) is 1. The molecule has 4 heterocycles. The van der Waals surface area contributed by atoms with Crippen LogP contribution in [-0.2, 0) is 27.2 Å². The van der Waals surface area contributed by atoms with Crippen molar-refractivity contribution in [3.63, 3.8) is 0 Å². The maximum Gasteiger partial charge on any atom is 0.230 e. The van der Waals surface area contributed by atoms with E-state index in [1.807, 2.05) is 60.5 Å². The van der Waals surface area contributed by atoms with Gasteiger partial charge >= 0.3 is 0 Å². The number of hydrogen-bond acceptors (Lipinski definition) is 3. The summed E-state index contributed by atoms with van der Waals surface area (Å²) in [4.78, 5) is 32.1. The van der Waals surface area contributed by atoms with Crippen LogP contribution >= 0.6 is 0 Å². The number of aryl methyl sites for hydroxylation is 1. The highest BCUT2D eigenvalue weighted by Gasteiger charge is 2.66. The van der Waals surface area contributed by atoms with Crippen molar-refractivity contribution in [1.29, 1.82) is 0 Å². The SMILES string of the molecule is C[C@H](CCc1ccccc1)NC(=O)[C@H]1[C@H]2C(=O)N(CCc3c[nH]c4ccccc34)C[C@]23C=C[C@H]1O3. The number of H-pyrrole nitrogens is 1. The molecule has 0 aliphatic carbocycles. The van der Waals surface area contributed by atoms with Gasteiger partial charge in [0.2, 0.25) is 11.8 Å². The summed E-state index contributed by atoms with van der Waals surface area (Å²) in [5.41, 5.74) is 2.89. The van der Waals surface area contributed by atoms with Crippen LogP contribution in [0.1, 0.15) is 24.5 Å². The van der Waals surface area contributed by atoms with Crippen LogP contribution in [0.2, 0.25) is 0 Å². The minimum Gasteiger partial charge on any atom is -0.361 e. The van der Waals surface area contributed by atoms with Crippen molar-refractivity contribution < 1.29 is 14.3 Å². The molecular weight excluding hydrogens is 438 g/mol. The van der Waals surface area contributed by atoms with Gasteiger partial charge in [0.25, 0.3) is 0 Å². The van der Waals surface area contributed by atoms with Gasteiger partial charge in [-0.2, -0.15) is 0 Å². The van der Waals surface area contributed by atoms with Gasteiger partial charge in [0.1, 0.15) is 5.60 Å². The maximum atomic E-state index is 13.5. The molecule has 2 aromatic carbocycles. The molecule has 2 N–H and O–H groups in total. The molecule has 3 aliphatic rings. The number of aromatic amines is 1. The van der Waals surface area contributed by atoms with Crippen LogP contribution in [-0.4, -0.2) is 52.5 Å². The molecule has 3 aliphatic heterocycles. The normalized spacial score (nSPS) is 27.5. The van der Waals surface area contributed by atoms with Gasteiger partial charge < -0.3 is 19.9 Å². The molecule has 2 saturated heterocycles. The molecule has 2 amide bonds. The lowest BCUT2D eigenvalue weighted by Crippen LogP contribution is -2.46. The van der Waals surface area contributed by atoms with Crippen molar-refractivity contribution in [3.05, 3.63) is 84.1 Å². The van der Waals surface area contributed by atoms with Crippen molar-refractivity contribution in [3.8, 4) is 0 Å². The summed E-state index contributed by atoms with van der Waals surface area (Å²) >= 11 is 0. The lowest BCUT2D eigenvalue weighted by Gasteiger charge is -2.25. The van der Waals surface area contributed by atoms with E-state index >= 15 is 0 Å². The summed E-state index contributed by atoms with van der Waals surface area (Å²) in [6.45, 7) is 3.16. The van der Waals surface area contributed by atoms with Crippen molar-refractivity contribution in [2.45, 2.75) is 43.9 Å². The molecule has 6 nitrogen and oxygen atoms in total. The highest BCUT2D eigenvalue weighted by atomic mass is 16.5. The Kier molecular flexibility index (Phi) is 5.49. The first-order chi connectivity index (χ1) is 17.0. The molecule has 3 aromatic rings. The molecule has 180 valence electrons. The van der Waals surface area contributed by atoms with Gasteiger partial charge in [-0.1, -0.05) is 60.7 Å². The number of para-hydroxylation sites is 1. The lowest BCUT2D eigenvalue weighted by atomic mass is 9.76. The zero-order valence-corrected chi connectivity index (χ0v) is 19.9. The van der Waals surface area contributed by atoms with Gasteiger partial charge in [-0.25, -0.2) is 0 Å². The fourth-order valence-corrected chi connectivity index (χ4v) is 6.10. The second-order valence-corrected chi connectivity index (χ2v) is 10.2. The standard InChI is InChI=1S/C29H31N3O3/c1-19(11-12-20-7-3-2-4-8-20)31-27(33)25-24-13-15-29(35-24)18-32(28(34)26(25)29)16-14-21-17-30-23-10-6-5-9-22(21)23/h2-10,13,15,17,19,24-26,30H,11-12,14,16,18H2,1H3,(H,31,33)/t19-,24-,25-,26+,29-/m1/s1. The third-order valence-electron chi connectivity index (χ3n) is 7.90. The van der Waals surface area contributed by atoms with Crippen LogP contribution in [0.15, 0.2) is 72.9 Å². The van der Waals surface area contributed by atoms with Gasteiger partial charge in [0.05, 0.1) is 24.5 Å². The van der Waals surface area contributed by atoms with Crippen molar-refractivity contribution in [2.75, 3.05) is 13.1 Å². The number of nitrogens with one attached hydrogen (secondary N) is 2. The number of rotatable bonds is 8. The number of carbonyl (C=O) groups excluding carboxylic acids is 2. The molecule has 35 heavy (non-hydrogen) atoms. The van der Waals surface area contributed by atoms with Crippen LogP contribution in [0.3, 0.4) is 0 Å². The van der Waals surface area contributed by atoms with E-state index in [1.54, 1.807) is 0 Å². The summed E-state index contributed by atoms with van der Waals surface area (Å²) in [7, 11) is 0. The second-order valence-electron chi connectivity index (χ2n) is 10.2. The quantitative estimate of drug-likeness (QED) is 0.495. The van der Waals surface area contributed by atoms with E-state index in [9.17, 15) is 9.59 Å². The minimum absolute atomic E-state index is 0.0243. The summed E-state index contributed by atoms with van der Waals surface area (Å²) in [5.74, 6) is -0.945. The summed E-state index contributed by atoms with van der Waals surface area (Å²) in [6.07, 6.45) is 8.23. The van der Waals surface area contributed by atoms with Crippen LogP contribution in [0.4, 0.5) is 0 Å². The molecule has 0 unspecified atom stereocenters. The van der Waals surface area contributed by atoms with E-state index < -0.39 is 17.4 Å². The predicted molar refractivity (Wildman–Crippen MR) is 135 cm³/mol. The Balaban J connectivity index is 1.11. The lowest BCUT2D eigenvalue weighted by molar-refractivity contribution is -0.137. The first kappa shape index (κ1) is 22.1. The van der Waals surface area contributed by atoms with Gasteiger partial charge in [0, 0.05) is 29.7 Å². The van der Waals surface area contributed by atoms with E-state index in [0.717, 1.165) is 24.8 Å². The average Bonchev–Trinajstić information content (AvgIpc) is 3.62. The third kappa shape index (κ3) is 3.86. The monoisotopic (exact) mass is 469 g/mol. The number of likely N-dealkylation sites (tertiary alicyclic amines) is 1. The van der Waals surface area contributed by atoms with Crippen molar-refractivity contribution in [2.24, 2.45) is 11.8 Å². The van der Waals surface area contributed by atoms with E-state index in [4.69, 9.17) is 4.74 Å². The molecule has 1 spiro atoms. The van der Waals surface area contributed by atoms with Gasteiger partial charge in [-0.05, 0) is 43.4 Å². The smallest absolute Gasteiger partial charge is 0.230 e. The molecule has 2 bridgehead atoms. The van der Waals surface area contributed by atoms with Crippen LogP contribution in [0, 0.1) is 11.8 Å². The number of hydrogen-bond donors (Lipinski definition) is 2. The van der Waals surface area contributed by atoms with Crippen molar-refractivity contribution >= 4 is 22.7 Å². The molecule has 0 radical (unpaired) electrons. The van der Waals surface area contributed by atoms with Gasteiger partial charge in [-0.15, -0.1) is 0 Å². The number of carbonyl (C=O) groups is 2. The molecule has 0 saturated carbocycles. The highest BCUT2D eigenvalue weighted by Crippen LogP contribution is 2.51. The second kappa shape index (κ2) is 8.68. The fraction of sp³-hybridized carbons (Fsp3) is 0.379.